The summed E-state index contributed by atoms with van der Waals surface area (Å²) in [5, 5.41) is 37.9. The molecule has 0 saturated heterocycles. The van der Waals surface area contributed by atoms with Crippen LogP contribution in [0.5, 0.6) is 11.5 Å². The second kappa shape index (κ2) is 5.46. The zero-order valence-electron chi connectivity index (χ0n) is 9.04. The Bertz CT molecular complexity index is 421. The Morgan fingerprint density at radius 3 is 2.59 bits per heavy atom. The second-order valence-corrected chi connectivity index (χ2v) is 3.64. The van der Waals surface area contributed by atoms with Crippen molar-refractivity contribution < 1.29 is 20.2 Å². The average molecular weight is 242 g/mol. The minimum atomic E-state index is -0.794. The first-order valence-corrected chi connectivity index (χ1v) is 5.04. The standard InChI is InChI=1S/C10H14N2O5/c11-7(2-1-3-13)6-4-8(12(16)17)10(15)9(14)5-6/h4-5,7,13-15H,1-3,11H2/t7-/m0/s1. The van der Waals surface area contributed by atoms with Crippen LogP contribution >= 0.6 is 0 Å². The maximum Gasteiger partial charge on any atom is 0.314 e. The monoisotopic (exact) mass is 242 g/mol. The molecular weight excluding hydrogens is 228 g/mol. The Labute approximate surface area is 97.3 Å². The summed E-state index contributed by atoms with van der Waals surface area (Å²) in [7, 11) is 0. The summed E-state index contributed by atoms with van der Waals surface area (Å²) in [5.74, 6) is -1.35. The van der Waals surface area contributed by atoms with Crippen molar-refractivity contribution in [3.63, 3.8) is 0 Å². The number of nitro benzene ring substituents is 1. The van der Waals surface area contributed by atoms with Crippen LogP contribution in [-0.2, 0) is 0 Å². The van der Waals surface area contributed by atoms with E-state index in [1.165, 1.54) is 6.07 Å². The molecule has 0 saturated carbocycles. The molecule has 1 rings (SSSR count). The molecular formula is C10H14N2O5. The van der Waals surface area contributed by atoms with Crippen LogP contribution in [0.4, 0.5) is 5.69 Å². The van der Waals surface area contributed by atoms with Gasteiger partial charge in [-0.05, 0) is 24.5 Å². The Morgan fingerprint density at radius 1 is 1.41 bits per heavy atom. The van der Waals surface area contributed by atoms with Gasteiger partial charge in [0.05, 0.1) is 4.92 Å². The van der Waals surface area contributed by atoms with Crippen LogP contribution in [0.25, 0.3) is 0 Å². The molecule has 7 heteroatoms. The third kappa shape index (κ3) is 3.05. The van der Waals surface area contributed by atoms with E-state index in [0.29, 0.717) is 18.4 Å². The van der Waals surface area contributed by atoms with Gasteiger partial charge in [0.25, 0.3) is 0 Å². The Balaban J connectivity index is 3.05. The fourth-order valence-electron chi connectivity index (χ4n) is 1.46. The number of rotatable bonds is 5. The third-order valence-electron chi connectivity index (χ3n) is 2.39. The van der Waals surface area contributed by atoms with E-state index in [1.54, 1.807) is 0 Å². The molecule has 5 N–H and O–H groups in total. The molecule has 0 aliphatic rings. The predicted octanol–water partition coefficient (Wildman–Crippen LogP) is 0.778. The number of aliphatic hydroxyl groups is 1. The van der Waals surface area contributed by atoms with Crippen LogP contribution in [0.1, 0.15) is 24.4 Å². The SMILES string of the molecule is N[C@@H](CCCO)c1cc(O)c(O)c([N+](=O)[O-])c1. The van der Waals surface area contributed by atoms with E-state index in [0.717, 1.165) is 6.07 Å². The maximum absolute atomic E-state index is 10.6. The van der Waals surface area contributed by atoms with Gasteiger partial charge in [0.15, 0.2) is 5.75 Å². The lowest BCUT2D eigenvalue weighted by atomic mass is 10.0. The molecule has 0 fully saturated rings. The molecule has 0 bridgehead atoms. The normalized spacial score (nSPS) is 12.4. The lowest BCUT2D eigenvalue weighted by molar-refractivity contribution is -0.386. The van der Waals surface area contributed by atoms with Crippen molar-refractivity contribution >= 4 is 5.69 Å². The van der Waals surface area contributed by atoms with Crippen molar-refractivity contribution in [1.29, 1.82) is 0 Å². The summed E-state index contributed by atoms with van der Waals surface area (Å²) in [6, 6.07) is 1.77. The second-order valence-electron chi connectivity index (χ2n) is 3.64. The Kier molecular flexibility index (Phi) is 4.24. The van der Waals surface area contributed by atoms with E-state index in [9.17, 15) is 20.3 Å². The molecule has 0 spiro atoms. The molecule has 0 aliphatic carbocycles. The van der Waals surface area contributed by atoms with Crippen molar-refractivity contribution in [2.24, 2.45) is 5.73 Å². The number of hydrogen-bond acceptors (Lipinski definition) is 6. The van der Waals surface area contributed by atoms with Gasteiger partial charge >= 0.3 is 5.69 Å². The van der Waals surface area contributed by atoms with Gasteiger partial charge < -0.3 is 21.1 Å². The molecule has 17 heavy (non-hydrogen) atoms. The van der Waals surface area contributed by atoms with E-state index in [-0.39, 0.29) is 6.61 Å². The molecule has 0 unspecified atom stereocenters. The van der Waals surface area contributed by atoms with Gasteiger partial charge in [0, 0.05) is 18.7 Å². The van der Waals surface area contributed by atoms with E-state index >= 15 is 0 Å². The first-order chi connectivity index (χ1) is 7.97. The molecule has 94 valence electrons. The zero-order valence-corrected chi connectivity index (χ0v) is 9.04. The Morgan fingerprint density at radius 2 is 2.06 bits per heavy atom. The van der Waals surface area contributed by atoms with Crippen LogP contribution in [0.15, 0.2) is 12.1 Å². The zero-order chi connectivity index (χ0) is 13.0. The fraction of sp³-hybridized carbons (Fsp3) is 0.400. The smallest absolute Gasteiger partial charge is 0.314 e. The first kappa shape index (κ1) is 13.2. The summed E-state index contributed by atoms with van der Waals surface area (Å²) in [5.41, 5.74) is 5.51. The molecule has 7 nitrogen and oxygen atoms in total. The number of nitrogens with zero attached hydrogens (tertiary/aromatic N) is 1. The van der Waals surface area contributed by atoms with Gasteiger partial charge in [0.1, 0.15) is 0 Å². The van der Waals surface area contributed by atoms with Crippen LogP contribution in [0, 0.1) is 10.1 Å². The van der Waals surface area contributed by atoms with Gasteiger partial charge in [-0.15, -0.1) is 0 Å². The van der Waals surface area contributed by atoms with Crippen LogP contribution in [-0.4, -0.2) is 26.8 Å². The molecule has 1 atom stereocenters. The van der Waals surface area contributed by atoms with Crippen molar-refractivity contribution in [2.75, 3.05) is 6.61 Å². The van der Waals surface area contributed by atoms with Crippen LogP contribution in [0.3, 0.4) is 0 Å². The number of aliphatic hydroxyl groups excluding tert-OH is 1. The number of hydrogen-bond donors (Lipinski definition) is 4. The number of nitrogens with two attached hydrogens (primary N) is 1. The average Bonchev–Trinajstić information content (AvgIpc) is 2.28. The molecule has 0 aromatic heterocycles. The lowest BCUT2D eigenvalue weighted by Gasteiger charge is -2.12. The highest BCUT2D eigenvalue weighted by molar-refractivity contribution is 5.56. The maximum atomic E-state index is 10.6. The molecule has 0 heterocycles. The Hall–Kier alpha value is -1.86. The lowest BCUT2D eigenvalue weighted by Crippen LogP contribution is -2.11. The van der Waals surface area contributed by atoms with Crippen molar-refractivity contribution in [3.8, 4) is 11.5 Å². The highest BCUT2D eigenvalue weighted by atomic mass is 16.6. The summed E-state index contributed by atoms with van der Waals surface area (Å²) < 4.78 is 0. The van der Waals surface area contributed by atoms with Crippen molar-refractivity contribution in [1.82, 2.24) is 0 Å². The molecule has 0 aliphatic heterocycles. The minimum Gasteiger partial charge on any atom is -0.504 e. The van der Waals surface area contributed by atoms with Gasteiger partial charge in [0.2, 0.25) is 5.75 Å². The quantitative estimate of drug-likeness (QED) is 0.343. The molecule has 0 radical (unpaired) electrons. The number of benzene rings is 1. The summed E-state index contributed by atoms with van der Waals surface area (Å²) in [6.07, 6.45) is 0.883. The van der Waals surface area contributed by atoms with Gasteiger partial charge in [-0.3, -0.25) is 10.1 Å². The topological polar surface area (TPSA) is 130 Å². The molecule has 0 amide bonds. The number of aromatic hydroxyl groups is 2. The summed E-state index contributed by atoms with van der Waals surface area (Å²) >= 11 is 0. The van der Waals surface area contributed by atoms with Gasteiger partial charge in [-0.2, -0.15) is 0 Å². The number of phenolic OH excluding ortho intramolecular Hbond substituents is 2. The summed E-state index contributed by atoms with van der Waals surface area (Å²) in [4.78, 5) is 9.82. The van der Waals surface area contributed by atoms with Crippen molar-refractivity contribution in [3.05, 3.63) is 27.8 Å². The van der Waals surface area contributed by atoms with Gasteiger partial charge in [-0.1, -0.05) is 0 Å². The van der Waals surface area contributed by atoms with Gasteiger partial charge in [-0.25, -0.2) is 0 Å². The number of phenols is 2. The minimum absolute atomic E-state index is 0.0279. The van der Waals surface area contributed by atoms with Crippen LogP contribution in [0.2, 0.25) is 0 Å². The van der Waals surface area contributed by atoms with Crippen LogP contribution < -0.4 is 5.73 Å². The fourth-order valence-corrected chi connectivity index (χ4v) is 1.46. The summed E-state index contributed by atoms with van der Waals surface area (Å²) in [6.45, 7) is -0.0279. The molecule has 1 aromatic rings. The first-order valence-electron chi connectivity index (χ1n) is 5.04. The largest absolute Gasteiger partial charge is 0.504 e. The van der Waals surface area contributed by atoms with E-state index in [2.05, 4.69) is 0 Å². The van der Waals surface area contributed by atoms with E-state index in [1.807, 2.05) is 0 Å². The van der Waals surface area contributed by atoms with Crippen molar-refractivity contribution in [2.45, 2.75) is 18.9 Å². The van der Waals surface area contributed by atoms with E-state index in [4.69, 9.17) is 10.8 Å². The number of nitro groups is 1. The highest BCUT2D eigenvalue weighted by Gasteiger charge is 2.20. The molecule has 1 aromatic carbocycles. The highest BCUT2D eigenvalue weighted by Crippen LogP contribution is 2.37. The van der Waals surface area contributed by atoms with E-state index < -0.39 is 28.2 Å². The third-order valence-corrected chi connectivity index (χ3v) is 2.39. The predicted molar refractivity (Wildman–Crippen MR) is 59.7 cm³/mol.